The Morgan fingerprint density at radius 2 is 2.19 bits per heavy atom. The Morgan fingerprint density at radius 1 is 1.44 bits per heavy atom. The van der Waals surface area contributed by atoms with Crippen LogP contribution in [0.1, 0.15) is 32.3 Å². The number of para-hydroxylation sites is 1. The lowest BCUT2D eigenvalue weighted by Gasteiger charge is -2.20. The van der Waals surface area contributed by atoms with Crippen LogP contribution in [0.5, 0.6) is 5.75 Å². The van der Waals surface area contributed by atoms with Crippen molar-refractivity contribution in [1.29, 1.82) is 0 Å². The van der Waals surface area contributed by atoms with Gasteiger partial charge in [0.15, 0.2) is 0 Å². The zero-order chi connectivity index (χ0) is 11.5. The summed E-state index contributed by atoms with van der Waals surface area (Å²) in [5, 5.41) is 9.75. The molecule has 0 bridgehead atoms. The van der Waals surface area contributed by atoms with E-state index in [1.165, 1.54) is 5.56 Å². The van der Waals surface area contributed by atoms with Crippen molar-refractivity contribution in [1.82, 2.24) is 0 Å². The van der Waals surface area contributed by atoms with Crippen LogP contribution in [-0.2, 0) is 6.42 Å². The first kappa shape index (κ1) is 11.5. The fraction of sp³-hybridized carbons (Fsp3) is 0.571. The summed E-state index contributed by atoms with van der Waals surface area (Å²) in [6, 6.07) is 8.20. The van der Waals surface area contributed by atoms with Crippen LogP contribution in [0.3, 0.4) is 0 Å². The normalized spacial score (nSPS) is 22.3. The average molecular weight is 220 g/mol. The molecule has 0 aliphatic carbocycles. The molecule has 0 spiro atoms. The number of hydrogen-bond acceptors (Lipinski definition) is 2. The fourth-order valence-electron chi connectivity index (χ4n) is 2.36. The average Bonchev–Trinajstić information content (AvgIpc) is 2.69. The van der Waals surface area contributed by atoms with Crippen LogP contribution in [0.25, 0.3) is 0 Å². The van der Waals surface area contributed by atoms with Crippen molar-refractivity contribution in [3.05, 3.63) is 29.8 Å². The molecular weight excluding hydrogens is 200 g/mol. The summed E-state index contributed by atoms with van der Waals surface area (Å²) in [7, 11) is 0. The predicted molar refractivity (Wildman–Crippen MR) is 64.6 cm³/mol. The second kappa shape index (κ2) is 4.88. The molecule has 0 saturated carbocycles. The molecule has 0 saturated heterocycles. The Kier molecular flexibility index (Phi) is 3.49. The predicted octanol–water partition coefficient (Wildman–Crippen LogP) is 2.79. The topological polar surface area (TPSA) is 29.5 Å². The van der Waals surface area contributed by atoms with Crippen molar-refractivity contribution in [3.8, 4) is 5.75 Å². The summed E-state index contributed by atoms with van der Waals surface area (Å²) >= 11 is 0. The van der Waals surface area contributed by atoms with Gasteiger partial charge in [-0.05, 0) is 30.4 Å². The van der Waals surface area contributed by atoms with Crippen LogP contribution in [0, 0.1) is 5.92 Å². The Hall–Kier alpha value is -1.02. The molecule has 2 nitrogen and oxygen atoms in total. The number of rotatable bonds is 4. The standard InChI is InChI=1S/C14H20O2/c1-3-13(15)10(2)8-12-9-11-6-4-5-7-14(11)16-12/h4-7,10,12-13,15H,3,8-9H2,1-2H3. The van der Waals surface area contributed by atoms with Gasteiger partial charge in [-0.1, -0.05) is 32.0 Å². The highest BCUT2D eigenvalue weighted by atomic mass is 16.5. The van der Waals surface area contributed by atoms with Gasteiger partial charge < -0.3 is 9.84 Å². The molecule has 1 aromatic carbocycles. The van der Waals surface area contributed by atoms with Crippen molar-refractivity contribution < 1.29 is 9.84 Å². The van der Waals surface area contributed by atoms with E-state index in [-0.39, 0.29) is 12.2 Å². The van der Waals surface area contributed by atoms with Crippen molar-refractivity contribution in [2.75, 3.05) is 0 Å². The second-order valence-corrected chi connectivity index (χ2v) is 4.74. The minimum atomic E-state index is -0.202. The van der Waals surface area contributed by atoms with E-state index in [1.807, 2.05) is 19.1 Å². The first-order valence-corrected chi connectivity index (χ1v) is 6.13. The number of fused-ring (bicyclic) bond motifs is 1. The molecule has 16 heavy (non-hydrogen) atoms. The maximum atomic E-state index is 9.75. The number of hydrogen-bond donors (Lipinski definition) is 1. The minimum absolute atomic E-state index is 0.202. The fourth-order valence-corrected chi connectivity index (χ4v) is 2.36. The molecule has 2 rings (SSSR count). The highest BCUT2D eigenvalue weighted by molar-refractivity contribution is 5.37. The van der Waals surface area contributed by atoms with Gasteiger partial charge in [-0.25, -0.2) is 0 Å². The summed E-state index contributed by atoms with van der Waals surface area (Å²) in [6.07, 6.45) is 2.78. The smallest absolute Gasteiger partial charge is 0.123 e. The lowest BCUT2D eigenvalue weighted by atomic mass is 9.94. The summed E-state index contributed by atoms with van der Waals surface area (Å²) in [6.45, 7) is 4.12. The number of aliphatic hydroxyl groups is 1. The molecule has 3 atom stereocenters. The molecule has 88 valence electrons. The summed E-state index contributed by atoms with van der Waals surface area (Å²) in [4.78, 5) is 0. The van der Waals surface area contributed by atoms with Crippen LogP contribution in [0.15, 0.2) is 24.3 Å². The molecule has 0 fully saturated rings. The van der Waals surface area contributed by atoms with E-state index < -0.39 is 0 Å². The van der Waals surface area contributed by atoms with Crippen LogP contribution < -0.4 is 4.74 Å². The van der Waals surface area contributed by atoms with Gasteiger partial charge in [0.05, 0.1) is 6.10 Å². The molecule has 0 aromatic heterocycles. The third-order valence-electron chi connectivity index (χ3n) is 3.42. The second-order valence-electron chi connectivity index (χ2n) is 4.74. The molecule has 1 aliphatic heterocycles. The molecular formula is C14H20O2. The molecule has 1 aliphatic rings. The van der Waals surface area contributed by atoms with Gasteiger partial charge in [0.2, 0.25) is 0 Å². The number of benzene rings is 1. The van der Waals surface area contributed by atoms with Gasteiger partial charge >= 0.3 is 0 Å². The van der Waals surface area contributed by atoms with E-state index >= 15 is 0 Å². The first-order chi connectivity index (χ1) is 7.70. The number of aliphatic hydroxyl groups excluding tert-OH is 1. The largest absolute Gasteiger partial charge is 0.490 e. The van der Waals surface area contributed by atoms with E-state index in [4.69, 9.17) is 4.74 Å². The summed E-state index contributed by atoms with van der Waals surface area (Å²) in [5.74, 6) is 1.33. The van der Waals surface area contributed by atoms with Crippen molar-refractivity contribution in [3.63, 3.8) is 0 Å². The SMILES string of the molecule is CCC(O)C(C)CC1Cc2ccccc2O1. The quantitative estimate of drug-likeness (QED) is 0.845. The van der Waals surface area contributed by atoms with Crippen molar-refractivity contribution in [2.24, 2.45) is 5.92 Å². The zero-order valence-electron chi connectivity index (χ0n) is 10.0. The van der Waals surface area contributed by atoms with Crippen LogP contribution >= 0.6 is 0 Å². The van der Waals surface area contributed by atoms with Gasteiger partial charge in [-0.3, -0.25) is 0 Å². The maximum Gasteiger partial charge on any atom is 0.123 e. The minimum Gasteiger partial charge on any atom is -0.490 e. The van der Waals surface area contributed by atoms with E-state index in [2.05, 4.69) is 19.1 Å². The molecule has 1 aromatic rings. The third-order valence-corrected chi connectivity index (χ3v) is 3.42. The van der Waals surface area contributed by atoms with Gasteiger partial charge in [0.25, 0.3) is 0 Å². The van der Waals surface area contributed by atoms with Crippen LogP contribution in [0.2, 0.25) is 0 Å². The van der Waals surface area contributed by atoms with Gasteiger partial charge in [-0.15, -0.1) is 0 Å². The Bertz CT molecular complexity index is 323. The van der Waals surface area contributed by atoms with Gasteiger partial charge in [0, 0.05) is 6.42 Å². The van der Waals surface area contributed by atoms with E-state index in [0.717, 1.165) is 25.0 Å². The monoisotopic (exact) mass is 220 g/mol. The molecule has 3 unspecified atom stereocenters. The Balaban J connectivity index is 1.92. The Morgan fingerprint density at radius 3 is 2.88 bits per heavy atom. The van der Waals surface area contributed by atoms with E-state index in [1.54, 1.807) is 0 Å². The maximum absolute atomic E-state index is 9.75. The molecule has 0 radical (unpaired) electrons. The van der Waals surface area contributed by atoms with E-state index in [0.29, 0.717) is 5.92 Å². The summed E-state index contributed by atoms with van der Waals surface area (Å²) < 4.78 is 5.86. The van der Waals surface area contributed by atoms with Crippen LogP contribution in [0.4, 0.5) is 0 Å². The summed E-state index contributed by atoms with van der Waals surface area (Å²) in [5.41, 5.74) is 1.30. The van der Waals surface area contributed by atoms with E-state index in [9.17, 15) is 5.11 Å². The highest BCUT2D eigenvalue weighted by Gasteiger charge is 2.25. The van der Waals surface area contributed by atoms with Gasteiger partial charge in [0.1, 0.15) is 11.9 Å². The molecule has 0 amide bonds. The molecule has 1 N–H and O–H groups in total. The number of ether oxygens (including phenoxy) is 1. The first-order valence-electron chi connectivity index (χ1n) is 6.13. The lowest BCUT2D eigenvalue weighted by molar-refractivity contribution is 0.0816. The molecule has 2 heteroatoms. The lowest BCUT2D eigenvalue weighted by Crippen LogP contribution is -2.24. The molecule has 1 heterocycles. The van der Waals surface area contributed by atoms with Gasteiger partial charge in [-0.2, -0.15) is 0 Å². The highest BCUT2D eigenvalue weighted by Crippen LogP contribution is 2.31. The zero-order valence-corrected chi connectivity index (χ0v) is 10.0. The third kappa shape index (κ3) is 2.38. The van der Waals surface area contributed by atoms with Crippen LogP contribution in [-0.4, -0.2) is 17.3 Å². The van der Waals surface area contributed by atoms with Crippen molar-refractivity contribution in [2.45, 2.75) is 45.3 Å². The van der Waals surface area contributed by atoms with Crippen molar-refractivity contribution >= 4 is 0 Å². The Labute approximate surface area is 97.3 Å².